The second kappa shape index (κ2) is 6.79. The lowest BCUT2D eigenvalue weighted by Crippen LogP contribution is -2.22. The van der Waals surface area contributed by atoms with Gasteiger partial charge in [-0.2, -0.15) is 0 Å². The number of thioether (sulfide) groups is 1. The van der Waals surface area contributed by atoms with E-state index in [0.717, 1.165) is 29.6 Å². The molecule has 3 heterocycles. The summed E-state index contributed by atoms with van der Waals surface area (Å²) in [6, 6.07) is 7.31. The SMILES string of the molecule is CSc1ncccc1C(=O)Nc1cccnc1N1CCCC1. The Hall–Kier alpha value is -2.08. The van der Waals surface area contributed by atoms with E-state index in [0.29, 0.717) is 5.56 Å². The van der Waals surface area contributed by atoms with Gasteiger partial charge in [-0.1, -0.05) is 0 Å². The molecular formula is C16H18N4OS. The Kier molecular flexibility index (Phi) is 4.58. The molecule has 2 aromatic heterocycles. The van der Waals surface area contributed by atoms with Gasteiger partial charge in [0, 0.05) is 25.5 Å². The molecule has 1 aliphatic rings. The molecule has 0 aromatic carbocycles. The number of carbonyl (C=O) groups is 1. The van der Waals surface area contributed by atoms with Crippen molar-refractivity contribution in [3.05, 3.63) is 42.2 Å². The van der Waals surface area contributed by atoms with Crippen molar-refractivity contribution in [1.29, 1.82) is 0 Å². The van der Waals surface area contributed by atoms with E-state index in [9.17, 15) is 4.79 Å². The summed E-state index contributed by atoms with van der Waals surface area (Å²) in [7, 11) is 0. The van der Waals surface area contributed by atoms with E-state index < -0.39 is 0 Å². The van der Waals surface area contributed by atoms with Crippen LogP contribution in [0.4, 0.5) is 11.5 Å². The van der Waals surface area contributed by atoms with Crippen molar-refractivity contribution in [2.75, 3.05) is 29.6 Å². The van der Waals surface area contributed by atoms with Crippen molar-refractivity contribution in [1.82, 2.24) is 9.97 Å². The summed E-state index contributed by atoms with van der Waals surface area (Å²) in [5.41, 5.74) is 1.34. The maximum absolute atomic E-state index is 12.6. The van der Waals surface area contributed by atoms with E-state index in [4.69, 9.17) is 0 Å². The molecule has 5 nitrogen and oxygen atoms in total. The predicted molar refractivity (Wildman–Crippen MR) is 89.7 cm³/mol. The zero-order valence-electron chi connectivity index (χ0n) is 12.5. The Labute approximate surface area is 134 Å². The number of carbonyl (C=O) groups excluding carboxylic acids is 1. The Balaban J connectivity index is 1.85. The third-order valence-corrected chi connectivity index (χ3v) is 4.36. The molecule has 1 saturated heterocycles. The number of hydrogen-bond donors (Lipinski definition) is 1. The van der Waals surface area contributed by atoms with Crippen molar-refractivity contribution in [3.8, 4) is 0 Å². The molecule has 1 aliphatic heterocycles. The third-order valence-electron chi connectivity index (χ3n) is 3.65. The first-order valence-corrected chi connectivity index (χ1v) is 8.52. The summed E-state index contributed by atoms with van der Waals surface area (Å²) in [5, 5.41) is 3.71. The first-order chi connectivity index (χ1) is 10.8. The molecule has 6 heteroatoms. The van der Waals surface area contributed by atoms with Gasteiger partial charge in [-0.25, -0.2) is 9.97 Å². The standard InChI is InChI=1S/C16H18N4OS/c1-22-16-12(6-4-9-18-16)15(21)19-13-7-5-8-17-14(13)20-10-2-3-11-20/h4-9H,2-3,10-11H2,1H3,(H,19,21). The van der Waals surface area contributed by atoms with Crippen molar-refractivity contribution >= 4 is 29.2 Å². The van der Waals surface area contributed by atoms with E-state index in [1.165, 1.54) is 24.6 Å². The van der Waals surface area contributed by atoms with Crippen LogP contribution in [-0.2, 0) is 0 Å². The largest absolute Gasteiger partial charge is 0.355 e. The predicted octanol–water partition coefficient (Wildman–Crippen LogP) is 3.05. The summed E-state index contributed by atoms with van der Waals surface area (Å²) >= 11 is 1.47. The van der Waals surface area contributed by atoms with Gasteiger partial charge in [0.15, 0.2) is 5.82 Å². The Morgan fingerprint density at radius 1 is 1.18 bits per heavy atom. The van der Waals surface area contributed by atoms with Gasteiger partial charge >= 0.3 is 0 Å². The molecule has 0 spiro atoms. The zero-order valence-corrected chi connectivity index (χ0v) is 13.3. The van der Waals surface area contributed by atoms with Gasteiger partial charge in [-0.05, 0) is 43.4 Å². The van der Waals surface area contributed by atoms with Crippen LogP contribution in [0.5, 0.6) is 0 Å². The molecule has 1 amide bonds. The van der Waals surface area contributed by atoms with Crippen LogP contribution in [0.2, 0.25) is 0 Å². The van der Waals surface area contributed by atoms with Crippen LogP contribution in [0.3, 0.4) is 0 Å². The molecule has 114 valence electrons. The average molecular weight is 314 g/mol. The number of nitrogens with zero attached hydrogens (tertiary/aromatic N) is 3. The average Bonchev–Trinajstić information content (AvgIpc) is 3.09. The second-order valence-electron chi connectivity index (χ2n) is 5.08. The maximum atomic E-state index is 12.6. The number of rotatable bonds is 4. The lowest BCUT2D eigenvalue weighted by atomic mass is 10.2. The van der Waals surface area contributed by atoms with Crippen molar-refractivity contribution < 1.29 is 4.79 Å². The van der Waals surface area contributed by atoms with Gasteiger partial charge in [-0.15, -0.1) is 11.8 Å². The number of anilines is 2. The molecule has 22 heavy (non-hydrogen) atoms. The number of pyridine rings is 2. The van der Waals surface area contributed by atoms with E-state index in [1.807, 2.05) is 18.4 Å². The normalized spacial score (nSPS) is 14.1. The summed E-state index contributed by atoms with van der Waals surface area (Å²) in [4.78, 5) is 23.4. The molecule has 0 unspecified atom stereocenters. The van der Waals surface area contributed by atoms with Gasteiger partial charge in [0.25, 0.3) is 5.91 Å². The Bertz CT molecular complexity index is 671. The Morgan fingerprint density at radius 2 is 1.91 bits per heavy atom. The molecule has 1 N–H and O–H groups in total. The lowest BCUT2D eigenvalue weighted by molar-refractivity contribution is 0.102. The minimum Gasteiger partial charge on any atom is -0.355 e. The van der Waals surface area contributed by atoms with Crippen molar-refractivity contribution in [2.45, 2.75) is 17.9 Å². The summed E-state index contributed by atoms with van der Waals surface area (Å²) in [6.45, 7) is 1.98. The minimum atomic E-state index is -0.147. The van der Waals surface area contributed by atoms with Crippen LogP contribution in [0.25, 0.3) is 0 Å². The maximum Gasteiger partial charge on any atom is 0.258 e. The number of amides is 1. The molecule has 1 fully saturated rings. The molecular weight excluding hydrogens is 296 g/mol. The Morgan fingerprint density at radius 3 is 2.68 bits per heavy atom. The van der Waals surface area contributed by atoms with Gasteiger partial charge in [0.2, 0.25) is 0 Å². The minimum absolute atomic E-state index is 0.147. The topological polar surface area (TPSA) is 58.1 Å². The van der Waals surface area contributed by atoms with E-state index in [-0.39, 0.29) is 5.91 Å². The quantitative estimate of drug-likeness (QED) is 0.879. The molecule has 0 aliphatic carbocycles. The van der Waals surface area contributed by atoms with Crippen LogP contribution in [-0.4, -0.2) is 35.2 Å². The fourth-order valence-corrected chi connectivity index (χ4v) is 3.14. The molecule has 0 atom stereocenters. The molecule has 3 rings (SSSR count). The molecule has 0 radical (unpaired) electrons. The van der Waals surface area contributed by atoms with Gasteiger partial charge in [0.1, 0.15) is 5.03 Å². The number of nitrogens with one attached hydrogen (secondary N) is 1. The van der Waals surface area contributed by atoms with Crippen LogP contribution in [0.15, 0.2) is 41.7 Å². The fraction of sp³-hybridized carbons (Fsp3) is 0.312. The summed E-state index contributed by atoms with van der Waals surface area (Å²) in [6.07, 6.45) is 7.72. The van der Waals surface area contributed by atoms with E-state index in [1.54, 1.807) is 24.5 Å². The first kappa shape index (κ1) is 14.8. The van der Waals surface area contributed by atoms with Crippen LogP contribution >= 0.6 is 11.8 Å². The van der Waals surface area contributed by atoms with Crippen molar-refractivity contribution in [2.24, 2.45) is 0 Å². The fourth-order valence-electron chi connectivity index (χ4n) is 2.59. The second-order valence-corrected chi connectivity index (χ2v) is 5.88. The van der Waals surface area contributed by atoms with E-state index in [2.05, 4.69) is 20.2 Å². The zero-order chi connectivity index (χ0) is 15.4. The first-order valence-electron chi connectivity index (χ1n) is 7.30. The number of aromatic nitrogens is 2. The van der Waals surface area contributed by atoms with Crippen LogP contribution in [0, 0.1) is 0 Å². The van der Waals surface area contributed by atoms with E-state index >= 15 is 0 Å². The summed E-state index contributed by atoms with van der Waals surface area (Å²) < 4.78 is 0. The molecule has 0 bridgehead atoms. The van der Waals surface area contributed by atoms with Gasteiger partial charge in [-0.3, -0.25) is 4.79 Å². The highest BCUT2D eigenvalue weighted by Crippen LogP contribution is 2.27. The third kappa shape index (κ3) is 3.06. The lowest BCUT2D eigenvalue weighted by Gasteiger charge is -2.20. The monoisotopic (exact) mass is 314 g/mol. The molecule has 0 saturated carbocycles. The highest BCUT2D eigenvalue weighted by Gasteiger charge is 2.19. The van der Waals surface area contributed by atoms with Crippen molar-refractivity contribution in [3.63, 3.8) is 0 Å². The van der Waals surface area contributed by atoms with Gasteiger partial charge < -0.3 is 10.2 Å². The van der Waals surface area contributed by atoms with Crippen LogP contribution in [0.1, 0.15) is 23.2 Å². The smallest absolute Gasteiger partial charge is 0.258 e. The number of hydrogen-bond acceptors (Lipinski definition) is 5. The highest BCUT2D eigenvalue weighted by molar-refractivity contribution is 7.98. The molecule has 2 aromatic rings. The van der Waals surface area contributed by atoms with Gasteiger partial charge in [0.05, 0.1) is 11.3 Å². The summed E-state index contributed by atoms with van der Waals surface area (Å²) in [5.74, 6) is 0.703. The van der Waals surface area contributed by atoms with Crippen LogP contribution < -0.4 is 10.2 Å². The highest BCUT2D eigenvalue weighted by atomic mass is 32.2.